The lowest BCUT2D eigenvalue weighted by Gasteiger charge is -2.34. The molecule has 2 saturated heterocycles. The van der Waals surface area contributed by atoms with E-state index in [1.54, 1.807) is 0 Å². The van der Waals surface area contributed by atoms with Crippen LogP contribution in [0.4, 0.5) is 0 Å². The molecule has 0 saturated carbocycles. The Morgan fingerprint density at radius 3 is 2.18 bits per heavy atom. The highest BCUT2D eigenvalue weighted by molar-refractivity contribution is 5.78. The largest absolute Gasteiger partial charge is 0.314 e. The second kappa shape index (κ2) is 12.0. The second-order valence-corrected chi connectivity index (χ2v) is 6.31. The van der Waals surface area contributed by atoms with Gasteiger partial charge in [-0.1, -0.05) is 20.8 Å². The molecule has 0 bridgehead atoms. The van der Waals surface area contributed by atoms with Gasteiger partial charge in [0.15, 0.2) is 0 Å². The molecule has 0 radical (unpaired) electrons. The zero-order valence-corrected chi connectivity index (χ0v) is 15.1. The average molecular weight is 312 g/mol. The second-order valence-electron chi connectivity index (χ2n) is 6.31. The number of Topliss-reactive ketones (excluding diaryl/α,β-unsaturated/α-hetero) is 1. The van der Waals surface area contributed by atoms with Gasteiger partial charge in [0.1, 0.15) is 5.78 Å². The molecule has 0 aromatic rings. The summed E-state index contributed by atoms with van der Waals surface area (Å²) in [6.07, 6.45) is 5.46. The molecule has 2 heterocycles. The normalized spacial score (nSPS) is 21.2. The molecule has 0 atom stereocenters. The van der Waals surface area contributed by atoms with Gasteiger partial charge in [0, 0.05) is 45.6 Å². The van der Waals surface area contributed by atoms with Gasteiger partial charge in [-0.15, -0.1) is 0 Å². The molecule has 2 rings (SSSR count). The monoisotopic (exact) mass is 311 g/mol. The van der Waals surface area contributed by atoms with Crippen molar-refractivity contribution in [2.75, 3.05) is 52.4 Å². The summed E-state index contributed by atoms with van der Waals surface area (Å²) in [4.78, 5) is 16.4. The molecule has 0 aromatic carbocycles. The van der Waals surface area contributed by atoms with E-state index >= 15 is 0 Å². The Morgan fingerprint density at radius 2 is 1.59 bits per heavy atom. The Kier molecular flexibility index (Phi) is 10.7. The van der Waals surface area contributed by atoms with Gasteiger partial charge >= 0.3 is 0 Å². The Bertz CT molecular complexity index is 282. The summed E-state index contributed by atoms with van der Waals surface area (Å²) < 4.78 is 0. The summed E-state index contributed by atoms with van der Waals surface area (Å²) in [6.45, 7) is 15.4. The van der Waals surface area contributed by atoms with E-state index in [2.05, 4.69) is 15.1 Å². The predicted molar refractivity (Wildman–Crippen MR) is 94.4 cm³/mol. The maximum atomic E-state index is 11.4. The maximum absolute atomic E-state index is 11.4. The van der Waals surface area contributed by atoms with Crippen LogP contribution in [0.1, 0.15) is 52.9 Å². The SMILES string of the molecule is CC.CCC(=O)CCN1CCC(CCN2CCNCC2)CC1. The lowest BCUT2D eigenvalue weighted by molar-refractivity contribution is -0.119. The van der Waals surface area contributed by atoms with Gasteiger partial charge in [0.25, 0.3) is 0 Å². The van der Waals surface area contributed by atoms with E-state index in [4.69, 9.17) is 0 Å². The van der Waals surface area contributed by atoms with Crippen LogP contribution in [-0.2, 0) is 4.79 Å². The highest BCUT2D eigenvalue weighted by Gasteiger charge is 2.20. The van der Waals surface area contributed by atoms with Gasteiger partial charge in [-0.05, 0) is 44.8 Å². The molecule has 2 fully saturated rings. The first-order chi connectivity index (χ1) is 10.8. The van der Waals surface area contributed by atoms with Crippen molar-refractivity contribution in [1.29, 1.82) is 0 Å². The lowest BCUT2D eigenvalue weighted by Crippen LogP contribution is -2.44. The molecule has 2 aliphatic heterocycles. The molecule has 0 amide bonds. The minimum absolute atomic E-state index is 0.408. The highest BCUT2D eigenvalue weighted by Crippen LogP contribution is 2.21. The van der Waals surface area contributed by atoms with E-state index in [9.17, 15) is 4.79 Å². The molecule has 0 spiro atoms. The summed E-state index contributed by atoms with van der Waals surface area (Å²) in [5.74, 6) is 1.31. The first-order valence-electron chi connectivity index (χ1n) is 9.45. The van der Waals surface area contributed by atoms with Crippen LogP contribution in [0, 0.1) is 5.92 Å². The van der Waals surface area contributed by atoms with Crippen LogP contribution >= 0.6 is 0 Å². The summed E-state index contributed by atoms with van der Waals surface area (Å²) >= 11 is 0. The Hall–Kier alpha value is -0.450. The van der Waals surface area contributed by atoms with Crippen molar-refractivity contribution in [1.82, 2.24) is 15.1 Å². The standard InChI is InChI=1S/C16H31N3O.C2H6/c1-2-16(20)6-12-18-9-3-15(4-10-18)5-11-19-13-7-17-8-14-19;1-2/h15,17H,2-14H2,1H3;1-2H3. The van der Waals surface area contributed by atoms with Gasteiger partial charge in [0.05, 0.1) is 0 Å². The molecule has 0 unspecified atom stereocenters. The Labute approximate surface area is 137 Å². The van der Waals surface area contributed by atoms with E-state index in [1.165, 1.54) is 52.0 Å². The number of hydrogen-bond donors (Lipinski definition) is 1. The van der Waals surface area contributed by atoms with Gasteiger partial charge < -0.3 is 15.1 Å². The van der Waals surface area contributed by atoms with Crippen molar-refractivity contribution < 1.29 is 4.79 Å². The molecule has 4 nitrogen and oxygen atoms in total. The highest BCUT2D eigenvalue weighted by atomic mass is 16.1. The minimum atomic E-state index is 0.408. The summed E-state index contributed by atoms with van der Waals surface area (Å²) in [5.41, 5.74) is 0. The van der Waals surface area contributed by atoms with E-state index in [0.29, 0.717) is 12.2 Å². The van der Waals surface area contributed by atoms with Crippen molar-refractivity contribution >= 4 is 5.78 Å². The molecule has 1 N–H and O–H groups in total. The van der Waals surface area contributed by atoms with Crippen LogP contribution in [0.5, 0.6) is 0 Å². The number of piperidine rings is 1. The quantitative estimate of drug-likeness (QED) is 0.783. The van der Waals surface area contributed by atoms with Crippen LogP contribution in [-0.4, -0.2) is 67.9 Å². The zero-order valence-electron chi connectivity index (χ0n) is 15.1. The van der Waals surface area contributed by atoms with E-state index in [1.807, 2.05) is 20.8 Å². The number of nitrogens with one attached hydrogen (secondary N) is 1. The number of rotatable bonds is 7. The Balaban J connectivity index is 0.00000116. The number of likely N-dealkylation sites (tertiary alicyclic amines) is 1. The molecule has 4 heteroatoms. The topological polar surface area (TPSA) is 35.6 Å². The number of carbonyl (C=O) groups is 1. The number of piperazine rings is 1. The van der Waals surface area contributed by atoms with Crippen molar-refractivity contribution in [3.8, 4) is 0 Å². The molecule has 0 aliphatic carbocycles. The third-order valence-electron chi connectivity index (χ3n) is 4.87. The summed E-state index contributed by atoms with van der Waals surface area (Å²) in [5, 5.41) is 3.41. The first-order valence-corrected chi connectivity index (χ1v) is 9.45. The number of nitrogens with zero attached hydrogens (tertiary/aromatic N) is 2. The molecule has 130 valence electrons. The number of ketones is 1. The van der Waals surface area contributed by atoms with E-state index < -0.39 is 0 Å². The van der Waals surface area contributed by atoms with Gasteiger partial charge in [-0.3, -0.25) is 4.79 Å². The molecule has 22 heavy (non-hydrogen) atoms. The van der Waals surface area contributed by atoms with Crippen LogP contribution in [0.2, 0.25) is 0 Å². The van der Waals surface area contributed by atoms with Gasteiger partial charge in [-0.2, -0.15) is 0 Å². The molecule has 0 aromatic heterocycles. The first kappa shape index (κ1) is 19.6. The molecular weight excluding hydrogens is 274 g/mol. The zero-order chi connectivity index (χ0) is 16.2. The summed E-state index contributed by atoms with van der Waals surface area (Å²) in [6, 6.07) is 0. The Morgan fingerprint density at radius 1 is 1.00 bits per heavy atom. The van der Waals surface area contributed by atoms with Crippen LogP contribution in [0.25, 0.3) is 0 Å². The van der Waals surface area contributed by atoms with Gasteiger partial charge in [-0.25, -0.2) is 0 Å². The average Bonchev–Trinajstić information content (AvgIpc) is 2.61. The van der Waals surface area contributed by atoms with Crippen molar-refractivity contribution in [2.45, 2.75) is 52.9 Å². The van der Waals surface area contributed by atoms with Gasteiger partial charge in [0.2, 0.25) is 0 Å². The molecule has 2 aliphatic rings. The smallest absolute Gasteiger partial charge is 0.133 e. The maximum Gasteiger partial charge on any atom is 0.133 e. The fraction of sp³-hybridized carbons (Fsp3) is 0.944. The minimum Gasteiger partial charge on any atom is -0.314 e. The van der Waals surface area contributed by atoms with Crippen LogP contribution in [0.3, 0.4) is 0 Å². The van der Waals surface area contributed by atoms with Crippen LogP contribution < -0.4 is 5.32 Å². The lowest BCUT2D eigenvalue weighted by atomic mass is 9.93. The van der Waals surface area contributed by atoms with E-state index in [0.717, 1.165) is 32.0 Å². The van der Waals surface area contributed by atoms with Crippen LogP contribution in [0.15, 0.2) is 0 Å². The fourth-order valence-corrected chi connectivity index (χ4v) is 3.26. The number of hydrogen-bond acceptors (Lipinski definition) is 4. The predicted octanol–water partition coefficient (Wildman–Crippen LogP) is 2.39. The van der Waals surface area contributed by atoms with Crippen molar-refractivity contribution in [3.05, 3.63) is 0 Å². The summed E-state index contributed by atoms with van der Waals surface area (Å²) in [7, 11) is 0. The fourth-order valence-electron chi connectivity index (χ4n) is 3.26. The van der Waals surface area contributed by atoms with E-state index in [-0.39, 0.29) is 0 Å². The third kappa shape index (κ3) is 7.70. The molecular formula is C18H37N3O. The van der Waals surface area contributed by atoms with Crippen molar-refractivity contribution in [2.24, 2.45) is 5.92 Å². The third-order valence-corrected chi connectivity index (χ3v) is 4.87. The van der Waals surface area contributed by atoms with Crippen molar-refractivity contribution in [3.63, 3.8) is 0 Å². The number of carbonyl (C=O) groups excluding carboxylic acids is 1.